The number of fused-ring (bicyclic) bond motifs is 2. The summed E-state index contributed by atoms with van der Waals surface area (Å²) in [6.07, 6.45) is 9.21. The second-order valence-corrected chi connectivity index (χ2v) is 6.36. The summed E-state index contributed by atoms with van der Waals surface area (Å²) in [6.45, 7) is 10.2. The number of hydrogen-bond donors (Lipinski definition) is 1. The SMILES string of the molecule is C=C1C2CCC(CC=CC(C)(C)O)(C2)C1C. The second kappa shape index (κ2) is 3.73. The van der Waals surface area contributed by atoms with Gasteiger partial charge in [-0.1, -0.05) is 31.2 Å². The van der Waals surface area contributed by atoms with Crippen LogP contribution in [-0.4, -0.2) is 10.7 Å². The first kappa shape index (κ1) is 11.9. The Bertz CT molecular complexity index is 321. The summed E-state index contributed by atoms with van der Waals surface area (Å²) in [7, 11) is 0. The van der Waals surface area contributed by atoms with Gasteiger partial charge in [0, 0.05) is 0 Å². The molecule has 2 bridgehead atoms. The van der Waals surface area contributed by atoms with Crippen molar-refractivity contribution in [3.8, 4) is 0 Å². The molecule has 0 radical (unpaired) electrons. The van der Waals surface area contributed by atoms with Crippen LogP contribution >= 0.6 is 0 Å². The zero-order chi connectivity index (χ0) is 12.0. The van der Waals surface area contributed by atoms with Crippen molar-refractivity contribution in [2.24, 2.45) is 17.3 Å². The molecule has 2 aliphatic rings. The fraction of sp³-hybridized carbons (Fsp3) is 0.733. The summed E-state index contributed by atoms with van der Waals surface area (Å²) in [4.78, 5) is 0. The first-order chi connectivity index (χ1) is 7.34. The van der Waals surface area contributed by atoms with E-state index in [-0.39, 0.29) is 0 Å². The average molecular weight is 220 g/mol. The molecule has 90 valence electrons. The highest BCUT2D eigenvalue weighted by atomic mass is 16.3. The van der Waals surface area contributed by atoms with E-state index in [0.29, 0.717) is 11.3 Å². The predicted octanol–water partition coefficient (Wildman–Crippen LogP) is 3.70. The summed E-state index contributed by atoms with van der Waals surface area (Å²) >= 11 is 0. The normalized spacial score (nSPS) is 38.9. The van der Waals surface area contributed by atoms with Gasteiger partial charge in [-0.2, -0.15) is 0 Å². The van der Waals surface area contributed by atoms with Gasteiger partial charge in [-0.3, -0.25) is 0 Å². The van der Waals surface area contributed by atoms with Gasteiger partial charge in [-0.15, -0.1) is 0 Å². The third kappa shape index (κ3) is 1.98. The van der Waals surface area contributed by atoms with Gasteiger partial charge in [0.25, 0.3) is 0 Å². The van der Waals surface area contributed by atoms with Gasteiger partial charge in [-0.25, -0.2) is 0 Å². The third-order valence-corrected chi connectivity index (χ3v) is 4.69. The van der Waals surface area contributed by atoms with Crippen molar-refractivity contribution in [3.63, 3.8) is 0 Å². The maximum absolute atomic E-state index is 9.67. The van der Waals surface area contributed by atoms with Crippen LogP contribution in [0.15, 0.2) is 24.3 Å². The summed E-state index contributed by atoms with van der Waals surface area (Å²) in [5, 5.41) is 9.67. The Labute approximate surface area is 99.3 Å². The molecule has 1 heteroatoms. The summed E-state index contributed by atoms with van der Waals surface area (Å²) in [5.74, 6) is 1.45. The van der Waals surface area contributed by atoms with Gasteiger partial charge < -0.3 is 5.11 Å². The van der Waals surface area contributed by atoms with Crippen molar-refractivity contribution in [1.82, 2.24) is 0 Å². The Morgan fingerprint density at radius 2 is 2.25 bits per heavy atom. The van der Waals surface area contributed by atoms with Crippen molar-refractivity contribution in [2.75, 3.05) is 0 Å². The third-order valence-electron chi connectivity index (χ3n) is 4.69. The highest BCUT2D eigenvalue weighted by Crippen LogP contribution is 2.61. The zero-order valence-electron chi connectivity index (χ0n) is 10.8. The zero-order valence-corrected chi connectivity index (χ0v) is 10.8. The topological polar surface area (TPSA) is 20.2 Å². The maximum atomic E-state index is 9.67. The Morgan fingerprint density at radius 3 is 2.75 bits per heavy atom. The van der Waals surface area contributed by atoms with Crippen LogP contribution in [0.3, 0.4) is 0 Å². The number of allylic oxidation sites excluding steroid dienone is 2. The molecule has 0 saturated heterocycles. The van der Waals surface area contributed by atoms with E-state index in [1.54, 1.807) is 0 Å². The van der Waals surface area contributed by atoms with Gasteiger partial charge in [-0.05, 0) is 56.8 Å². The summed E-state index contributed by atoms with van der Waals surface area (Å²) in [5.41, 5.74) is 1.26. The quantitative estimate of drug-likeness (QED) is 0.719. The molecule has 16 heavy (non-hydrogen) atoms. The Kier molecular flexibility index (Phi) is 2.78. The fourth-order valence-corrected chi connectivity index (χ4v) is 3.56. The van der Waals surface area contributed by atoms with E-state index in [0.717, 1.165) is 12.3 Å². The highest BCUT2D eigenvalue weighted by molar-refractivity contribution is 5.23. The predicted molar refractivity (Wildman–Crippen MR) is 68.1 cm³/mol. The Balaban J connectivity index is 2.05. The van der Waals surface area contributed by atoms with Crippen molar-refractivity contribution in [3.05, 3.63) is 24.3 Å². The first-order valence-corrected chi connectivity index (χ1v) is 6.43. The van der Waals surface area contributed by atoms with Crippen LogP contribution in [0.5, 0.6) is 0 Å². The molecule has 3 atom stereocenters. The molecule has 0 aliphatic heterocycles. The van der Waals surface area contributed by atoms with Gasteiger partial charge in [0.15, 0.2) is 0 Å². The highest BCUT2D eigenvalue weighted by Gasteiger charge is 2.51. The minimum Gasteiger partial charge on any atom is -0.386 e. The molecule has 2 rings (SSSR count). The van der Waals surface area contributed by atoms with E-state index in [4.69, 9.17) is 0 Å². The molecule has 3 unspecified atom stereocenters. The molecule has 1 N–H and O–H groups in total. The number of hydrogen-bond acceptors (Lipinski definition) is 1. The molecule has 0 amide bonds. The molecule has 1 nitrogen and oxygen atoms in total. The van der Waals surface area contributed by atoms with Crippen LogP contribution in [0.2, 0.25) is 0 Å². The van der Waals surface area contributed by atoms with E-state index in [1.165, 1.54) is 24.8 Å². The second-order valence-electron chi connectivity index (χ2n) is 6.36. The molecular formula is C15H24O. The number of rotatable bonds is 3. The largest absolute Gasteiger partial charge is 0.386 e. The monoisotopic (exact) mass is 220 g/mol. The van der Waals surface area contributed by atoms with Gasteiger partial charge >= 0.3 is 0 Å². The number of aliphatic hydroxyl groups is 1. The minimum absolute atomic E-state index is 0.462. The molecule has 0 aromatic carbocycles. The first-order valence-electron chi connectivity index (χ1n) is 6.43. The van der Waals surface area contributed by atoms with E-state index in [2.05, 4.69) is 19.6 Å². The van der Waals surface area contributed by atoms with Crippen molar-refractivity contribution < 1.29 is 5.11 Å². The van der Waals surface area contributed by atoms with E-state index in [1.807, 2.05) is 19.9 Å². The van der Waals surface area contributed by atoms with Crippen LogP contribution in [0.4, 0.5) is 0 Å². The molecule has 0 spiro atoms. The van der Waals surface area contributed by atoms with Crippen LogP contribution in [-0.2, 0) is 0 Å². The average Bonchev–Trinajstić information content (AvgIpc) is 2.66. The van der Waals surface area contributed by atoms with Crippen LogP contribution in [0.25, 0.3) is 0 Å². The Hall–Kier alpha value is -0.560. The van der Waals surface area contributed by atoms with Crippen LogP contribution in [0, 0.1) is 17.3 Å². The minimum atomic E-state index is -0.673. The van der Waals surface area contributed by atoms with Crippen LogP contribution < -0.4 is 0 Å². The van der Waals surface area contributed by atoms with E-state index in [9.17, 15) is 5.11 Å². The van der Waals surface area contributed by atoms with Gasteiger partial charge in [0.1, 0.15) is 0 Å². The van der Waals surface area contributed by atoms with Crippen molar-refractivity contribution >= 4 is 0 Å². The lowest BCUT2D eigenvalue weighted by atomic mass is 9.72. The van der Waals surface area contributed by atoms with Crippen molar-refractivity contribution in [2.45, 2.75) is 52.1 Å². The molecule has 0 aromatic rings. The molecule has 2 aliphatic carbocycles. The molecule has 0 aromatic heterocycles. The van der Waals surface area contributed by atoms with E-state index >= 15 is 0 Å². The fourth-order valence-electron chi connectivity index (χ4n) is 3.56. The lowest BCUT2D eigenvalue weighted by Crippen LogP contribution is -2.23. The smallest absolute Gasteiger partial charge is 0.0771 e. The summed E-state index contributed by atoms with van der Waals surface area (Å²) < 4.78 is 0. The molecular weight excluding hydrogens is 196 g/mol. The van der Waals surface area contributed by atoms with E-state index < -0.39 is 5.60 Å². The molecule has 2 fully saturated rings. The lowest BCUT2D eigenvalue weighted by Gasteiger charge is -2.33. The van der Waals surface area contributed by atoms with Gasteiger partial charge in [0.2, 0.25) is 0 Å². The Morgan fingerprint density at radius 1 is 1.56 bits per heavy atom. The summed E-state index contributed by atoms with van der Waals surface area (Å²) in [6, 6.07) is 0. The molecule has 0 heterocycles. The lowest BCUT2D eigenvalue weighted by molar-refractivity contribution is 0.132. The van der Waals surface area contributed by atoms with Crippen LogP contribution in [0.1, 0.15) is 46.5 Å². The standard InChI is InChI=1S/C15H24O/c1-11-12(2)15(9-6-13(11)10-15)8-5-7-14(3,4)16/h5,7,12-13,16H,1,6,8-10H2,2-4H3. The van der Waals surface area contributed by atoms with Gasteiger partial charge in [0.05, 0.1) is 5.60 Å². The molecule has 2 saturated carbocycles. The maximum Gasteiger partial charge on any atom is 0.0771 e. The van der Waals surface area contributed by atoms with Crippen molar-refractivity contribution in [1.29, 1.82) is 0 Å².